The third-order valence-corrected chi connectivity index (χ3v) is 7.77. The molecule has 1 aromatic heterocycles. The number of thioether (sulfide) groups is 1. The number of carbonyl (C=O) groups is 1. The molecule has 0 aliphatic carbocycles. The third kappa shape index (κ3) is 5.11. The van der Waals surface area contributed by atoms with Gasteiger partial charge in [-0.25, -0.2) is 0 Å². The van der Waals surface area contributed by atoms with Crippen molar-refractivity contribution in [3.63, 3.8) is 0 Å². The number of ether oxygens (including phenoxy) is 1. The Labute approximate surface area is 208 Å². The summed E-state index contributed by atoms with van der Waals surface area (Å²) in [6, 6.07) is 7.96. The first-order valence-corrected chi connectivity index (χ1v) is 13.0. The Kier molecular flexibility index (Phi) is 7.12. The normalized spacial score (nSPS) is 20.5. The fourth-order valence-electron chi connectivity index (χ4n) is 4.44. The fourth-order valence-corrected chi connectivity index (χ4v) is 5.66. The van der Waals surface area contributed by atoms with Gasteiger partial charge < -0.3 is 24.4 Å². The monoisotopic (exact) mass is 501 g/mol. The standard InChI is InChI=1S/C24H28ClN5O3S/c25-22-6-5-21(34-22)24(31)27-15-17-14-19(28-33-17)18-4-3-16(23(26)30-7-1-2-8-30)13-20(18)29-9-11-32-12-10-29/h3-5,13-14,22,26H,1-2,6-12,15H2,(H,27,31). The van der Waals surface area contributed by atoms with Gasteiger partial charge in [0.1, 0.15) is 11.5 Å². The van der Waals surface area contributed by atoms with Crippen molar-refractivity contribution in [2.75, 3.05) is 44.3 Å². The highest BCUT2D eigenvalue weighted by Crippen LogP contribution is 2.35. The van der Waals surface area contributed by atoms with Crippen molar-refractivity contribution in [2.24, 2.45) is 0 Å². The Balaban J connectivity index is 1.35. The zero-order valence-corrected chi connectivity index (χ0v) is 20.5. The second-order valence-electron chi connectivity index (χ2n) is 8.57. The molecule has 180 valence electrons. The zero-order chi connectivity index (χ0) is 23.5. The number of morpholine rings is 1. The molecule has 10 heteroatoms. The molecule has 1 amide bonds. The molecule has 1 aromatic carbocycles. The van der Waals surface area contributed by atoms with Crippen molar-refractivity contribution in [1.82, 2.24) is 15.4 Å². The van der Waals surface area contributed by atoms with E-state index in [1.54, 1.807) is 0 Å². The molecular formula is C24H28ClN5O3S. The maximum atomic E-state index is 12.3. The maximum absolute atomic E-state index is 12.3. The average Bonchev–Trinajstić information content (AvgIpc) is 3.65. The fraction of sp³-hybridized carbons (Fsp3) is 0.458. The van der Waals surface area contributed by atoms with Gasteiger partial charge in [-0.2, -0.15) is 0 Å². The van der Waals surface area contributed by atoms with Gasteiger partial charge in [-0.05, 0) is 31.4 Å². The maximum Gasteiger partial charge on any atom is 0.257 e. The number of alkyl halides is 1. The van der Waals surface area contributed by atoms with Crippen LogP contribution in [0.5, 0.6) is 0 Å². The topological polar surface area (TPSA) is 94.7 Å². The van der Waals surface area contributed by atoms with Gasteiger partial charge in [0.05, 0.1) is 29.4 Å². The van der Waals surface area contributed by atoms with E-state index >= 15 is 0 Å². The Morgan fingerprint density at radius 1 is 1.21 bits per heavy atom. The smallest absolute Gasteiger partial charge is 0.257 e. The van der Waals surface area contributed by atoms with Crippen molar-refractivity contribution in [3.8, 4) is 11.3 Å². The molecule has 0 bridgehead atoms. The van der Waals surface area contributed by atoms with Crippen molar-refractivity contribution < 1.29 is 14.1 Å². The molecule has 1 atom stereocenters. The molecule has 0 saturated carbocycles. The average molecular weight is 502 g/mol. The number of likely N-dealkylation sites (tertiary alicyclic amines) is 1. The van der Waals surface area contributed by atoms with E-state index in [4.69, 9.17) is 26.3 Å². The Bertz CT molecular complexity index is 1090. The number of nitrogens with zero attached hydrogens (tertiary/aromatic N) is 3. The van der Waals surface area contributed by atoms with Crippen molar-refractivity contribution >= 4 is 40.8 Å². The molecule has 2 aromatic rings. The van der Waals surface area contributed by atoms with Gasteiger partial charge in [0.25, 0.3) is 5.91 Å². The molecule has 0 radical (unpaired) electrons. The minimum atomic E-state index is -0.148. The molecule has 3 aliphatic heterocycles. The zero-order valence-electron chi connectivity index (χ0n) is 18.9. The molecule has 2 fully saturated rings. The van der Waals surface area contributed by atoms with Crippen LogP contribution >= 0.6 is 23.4 Å². The Morgan fingerprint density at radius 2 is 2.00 bits per heavy atom. The largest absolute Gasteiger partial charge is 0.378 e. The number of rotatable bonds is 6. The van der Waals surface area contributed by atoms with E-state index in [1.165, 1.54) is 11.8 Å². The number of aromatic nitrogens is 1. The summed E-state index contributed by atoms with van der Waals surface area (Å²) in [5, 5.41) is 15.9. The minimum absolute atomic E-state index is 0.0776. The van der Waals surface area contributed by atoms with E-state index in [2.05, 4.69) is 26.3 Å². The van der Waals surface area contributed by atoms with E-state index in [9.17, 15) is 4.79 Å². The molecule has 2 N–H and O–H groups in total. The van der Waals surface area contributed by atoms with E-state index in [0.717, 1.165) is 55.8 Å². The molecule has 1 unspecified atom stereocenters. The predicted molar refractivity (Wildman–Crippen MR) is 134 cm³/mol. The summed E-state index contributed by atoms with van der Waals surface area (Å²) in [5.41, 5.74) is 3.58. The number of hydrogen-bond donors (Lipinski definition) is 2. The van der Waals surface area contributed by atoms with Gasteiger partial charge in [-0.15, -0.1) is 23.4 Å². The third-order valence-electron chi connectivity index (χ3n) is 6.27. The van der Waals surface area contributed by atoms with Crippen LogP contribution in [0, 0.1) is 5.41 Å². The van der Waals surface area contributed by atoms with E-state index in [-0.39, 0.29) is 17.2 Å². The molecule has 0 spiro atoms. The summed E-state index contributed by atoms with van der Waals surface area (Å²) in [6.45, 7) is 5.02. The van der Waals surface area contributed by atoms with Gasteiger partial charge in [-0.3, -0.25) is 10.2 Å². The number of benzene rings is 1. The van der Waals surface area contributed by atoms with Crippen LogP contribution in [0.15, 0.2) is 39.8 Å². The lowest BCUT2D eigenvalue weighted by Gasteiger charge is -2.31. The first-order valence-electron chi connectivity index (χ1n) is 11.6. The highest BCUT2D eigenvalue weighted by atomic mass is 35.5. The summed E-state index contributed by atoms with van der Waals surface area (Å²) >= 11 is 7.43. The number of anilines is 1. The van der Waals surface area contributed by atoms with Crippen molar-refractivity contribution in [1.29, 1.82) is 5.41 Å². The Hall–Kier alpha value is -2.49. The summed E-state index contributed by atoms with van der Waals surface area (Å²) in [4.78, 5) is 17.4. The minimum Gasteiger partial charge on any atom is -0.378 e. The lowest BCUT2D eigenvalue weighted by atomic mass is 10.0. The number of allylic oxidation sites excluding steroid dienone is 1. The number of carbonyl (C=O) groups excluding carboxylic acids is 1. The molecule has 8 nitrogen and oxygen atoms in total. The molecule has 2 saturated heterocycles. The number of nitrogens with one attached hydrogen (secondary N) is 2. The van der Waals surface area contributed by atoms with E-state index < -0.39 is 0 Å². The van der Waals surface area contributed by atoms with Crippen LogP contribution in [-0.2, 0) is 16.1 Å². The lowest BCUT2D eigenvalue weighted by molar-refractivity contribution is -0.117. The van der Waals surface area contributed by atoms with Crippen LogP contribution in [0.2, 0.25) is 0 Å². The quantitative estimate of drug-likeness (QED) is 0.353. The second-order valence-corrected chi connectivity index (χ2v) is 10.6. The highest BCUT2D eigenvalue weighted by molar-refractivity contribution is 8.05. The predicted octanol–water partition coefficient (Wildman–Crippen LogP) is 3.80. The van der Waals surface area contributed by atoms with Crippen LogP contribution in [0.1, 0.15) is 30.6 Å². The molecule has 34 heavy (non-hydrogen) atoms. The molecule has 4 heterocycles. The summed E-state index contributed by atoms with van der Waals surface area (Å²) in [6.07, 6.45) is 4.82. The summed E-state index contributed by atoms with van der Waals surface area (Å²) in [5.74, 6) is 1.00. The van der Waals surface area contributed by atoms with Gasteiger partial charge in [0.2, 0.25) is 0 Å². The van der Waals surface area contributed by atoms with Crippen molar-refractivity contribution in [3.05, 3.63) is 46.6 Å². The van der Waals surface area contributed by atoms with Gasteiger partial charge in [0, 0.05) is 49.1 Å². The Morgan fingerprint density at radius 3 is 2.74 bits per heavy atom. The summed E-state index contributed by atoms with van der Waals surface area (Å²) < 4.78 is 11.0. The van der Waals surface area contributed by atoms with E-state index in [1.807, 2.05) is 24.3 Å². The van der Waals surface area contributed by atoms with E-state index in [0.29, 0.717) is 41.8 Å². The summed E-state index contributed by atoms with van der Waals surface area (Å²) in [7, 11) is 0. The molecule has 3 aliphatic rings. The van der Waals surface area contributed by atoms with Crippen LogP contribution in [-0.4, -0.2) is 65.9 Å². The van der Waals surface area contributed by atoms with Crippen LogP contribution < -0.4 is 10.2 Å². The van der Waals surface area contributed by atoms with Gasteiger partial charge >= 0.3 is 0 Å². The number of hydrogen-bond acceptors (Lipinski definition) is 7. The number of halogens is 1. The lowest BCUT2D eigenvalue weighted by Crippen LogP contribution is -2.37. The molecular weight excluding hydrogens is 474 g/mol. The van der Waals surface area contributed by atoms with Gasteiger partial charge in [-0.1, -0.05) is 17.3 Å². The van der Waals surface area contributed by atoms with Gasteiger partial charge in [0.15, 0.2) is 5.76 Å². The molecule has 5 rings (SSSR count). The number of amidine groups is 1. The van der Waals surface area contributed by atoms with Crippen LogP contribution in [0.3, 0.4) is 0 Å². The number of amides is 1. The van der Waals surface area contributed by atoms with Crippen molar-refractivity contribution in [2.45, 2.75) is 30.5 Å². The first-order chi connectivity index (χ1) is 16.6. The SMILES string of the molecule is N=C(c1ccc(-c2cc(CNC(=O)C3=CCC(Cl)S3)on2)c(N2CCOCC2)c1)N1CCCC1. The first kappa shape index (κ1) is 23.3. The second kappa shape index (κ2) is 10.4. The van der Waals surface area contributed by atoms with Crippen LogP contribution in [0.4, 0.5) is 5.69 Å². The highest BCUT2D eigenvalue weighted by Gasteiger charge is 2.23. The van der Waals surface area contributed by atoms with Crippen LogP contribution in [0.25, 0.3) is 11.3 Å².